The number of carbonyl (C=O) groups excluding carboxylic acids is 1. The normalized spacial score (nSPS) is 9.69. The quantitative estimate of drug-likeness (QED) is 0.638. The molecular weight excluding hydrogens is 335 g/mol. The molecule has 2 N–H and O–H groups in total. The van der Waals surface area contributed by atoms with Crippen LogP contribution in [0.25, 0.3) is 0 Å². The molecule has 0 atom stereocenters. The fourth-order valence-electron chi connectivity index (χ4n) is 1.14. The Morgan fingerprint density at radius 2 is 2.19 bits per heavy atom. The van der Waals surface area contributed by atoms with Crippen molar-refractivity contribution >= 4 is 51.5 Å². The number of carbonyl (C=O) groups is 1. The molecule has 5 heteroatoms. The van der Waals surface area contributed by atoms with Gasteiger partial charge in [-0.3, -0.25) is 4.79 Å². The molecule has 0 radical (unpaired) electrons. The second kappa shape index (κ2) is 6.15. The minimum Gasteiger partial charge on any atom is -0.332 e. The molecule has 0 saturated heterocycles. The Bertz CT molecular complexity index is 420. The van der Waals surface area contributed by atoms with Crippen molar-refractivity contribution < 1.29 is 4.79 Å². The topological polar surface area (TPSA) is 41.1 Å². The third-order valence-corrected chi connectivity index (χ3v) is 2.89. The monoisotopic (exact) mass is 348 g/mol. The molecule has 1 rings (SSSR count). The van der Waals surface area contributed by atoms with Crippen molar-refractivity contribution in [2.24, 2.45) is 0 Å². The average Bonchev–Trinajstić information content (AvgIpc) is 2.22. The van der Waals surface area contributed by atoms with E-state index in [2.05, 4.69) is 33.2 Å². The van der Waals surface area contributed by atoms with Crippen LogP contribution in [0.15, 0.2) is 18.2 Å². The Morgan fingerprint density at radius 3 is 2.75 bits per heavy atom. The zero-order valence-electron chi connectivity index (χ0n) is 9.13. The maximum absolute atomic E-state index is 11.1. The van der Waals surface area contributed by atoms with E-state index in [-0.39, 0.29) is 5.91 Å². The van der Waals surface area contributed by atoms with Crippen LogP contribution in [0.4, 0.5) is 5.69 Å². The molecule has 0 spiro atoms. The lowest BCUT2D eigenvalue weighted by atomic mass is 10.2. The molecule has 0 heterocycles. The first-order valence-corrected chi connectivity index (χ1v) is 6.38. The summed E-state index contributed by atoms with van der Waals surface area (Å²) in [6.07, 6.45) is 0.424. The van der Waals surface area contributed by atoms with E-state index < -0.39 is 0 Å². The number of rotatable bonds is 2. The molecular formula is C11H13IN2OS. The van der Waals surface area contributed by atoms with Gasteiger partial charge in [0.25, 0.3) is 0 Å². The van der Waals surface area contributed by atoms with Crippen LogP contribution in [0.5, 0.6) is 0 Å². The van der Waals surface area contributed by atoms with Gasteiger partial charge in [0.15, 0.2) is 5.11 Å². The zero-order chi connectivity index (χ0) is 12.1. The molecule has 16 heavy (non-hydrogen) atoms. The lowest BCUT2D eigenvalue weighted by molar-refractivity contribution is -0.119. The number of hydrogen-bond acceptors (Lipinski definition) is 2. The van der Waals surface area contributed by atoms with Gasteiger partial charge >= 0.3 is 0 Å². The fraction of sp³-hybridized carbons (Fsp3) is 0.273. The number of thiocarbonyl (C=S) groups is 1. The smallest absolute Gasteiger partial charge is 0.225 e. The van der Waals surface area contributed by atoms with Gasteiger partial charge in [-0.25, -0.2) is 0 Å². The van der Waals surface area contributed by atoms with Gasteiger partial charge in [-0.1, -0.05) is 6.92 Å². The summed E-state index contributed by atoms with van der Waals surface area (Å²) in [6.45, 7) is 3.78. The maximum atomic E-state index is 11.1. The SMILES string of the molecule is CCC(=O)NC(=S)Nc1ccc(I)cc1C. The van der Waals surface area contributed by atoms with Crippen LogP contribution in [0.2, 0.25) is 0 Å². The van der Waals surface area contributed by atoms with E-state index in [4.69, 9.17) is 12.2 Å². The third-order valence-electron chi connectivity index (χ3n) is 2.01. The first-order valence-electron chi connectivity index (χ1n) is 4.90. The van der Waals surface area contributed by atoms with Gasteiger partial charge in [-0.15, -0.1) is 0 Å². The number of aryl methyl sites for hydroxylation is 1. The fourth-order valence-corrected chi connectivity index (χ4v) is 2.01. The molecule has 0 saturated carbocycles. The molecule has 1 amide bonds. The molecule has 0 aliphatic rings. The highest BCUT2D eigenvalue weighted by molar-refractivity contribution is 14.1. The Kier molecular flexibility index (Phi) is 5.14. The van der Waals surface area contributed by atoms with E-state index in [0.717, 1.165) is 11.3 Å². The van der Waals surface area contributed by atoms with E-state index >= 15 is 0 Å². The summed E-state index contributed by atoms with van der Waals surface area (Å²) in [5, 5.41) is 5.94. The molecule has 3 nitrogen and oxygen atoms in total. The highest BCUT2D eigenvalue weighted by Crippen LogP contribution is 2.17. The third kappa shape index (κ3) is 4.05. The number of halogens is 1. The van der Waals surface area contributed by atoms with Gasteiger partial charge < -0.3 is 10.6 Å². The molecule has 0 aromatic heterocycles. The highest BCUT2D eigenvalue weighted by Gasteiger charge is 2.04. The lowest BCUT2D eigenvalue weighted by Crippen LogP contribution is -2.33. The van der Waals surface area contributed by atoms with Crippen molar-refractivity contribution in [3.05, 3.63) is 27.3 Å². The van der Waals surface area contributed by atoms with Crippen LogP contribution in [0.1, 0.15) is 18.9 Å². The molecule has 0 fully saturated rings. The molecule has 1 aromatic carbocycles. The first-order chi connectivity index (χ1) is 7.52. The molecule has 0 aliphatic heterocycles. The second-order valence-corrected chi connectivity index (χ2v) is 4.97. The molecule has 0 aliphatic carbocycles. The van der Waals surface area contributed by atoms with Gasteiger partial charge in [-0.05, 0) is 65.5 Å². The summed E-state index contributed by atoms with van der Waals surface area (Å²) in [5.74, 6) is -0.0827. The molecule has 0 unspecified atom stereocenters. The minimum atomic E-state index is -0.0827. The van der Waals surface area contributed by atoms with Crippen molar-refractivity contribution in [3.8, 4) is 0 Å². The Balaban J connectivity index is 2.66. The molecule has 86 valence electrons. The summed E-state index contributed by atoms with van der Waals surface area (Å²) < 4.78 is 1.17. The number of anilines is 1. The lowest BCUT2D eigenvalue weighted by Gasteiger charge is -2.11. The van der Waals surface area contributed by atoms with Crippen molar-refractivity contribution in [1.29, 1.82) is 0 Å². The first kappa shape index (κ1) is 13.4. The zero-order valence-corrected chi connectivity index (χ0v) is 12.1. The second-order valence-electron chi connectivity index (χ2n) is 3.32. The Labute approximate surface area is 114 Å². The van der Waals surface area contributed by atoms with Gasteiger partial charge in [0, 0.05) is 15.7 Å². The summed E-state index contributed by atoms with van der Waals surface area (Å²) in [6, 6.07) is 5.98. The molecule has 0 bridgehead atoms. The molecule has 1 aromatic rings. The van der Waals surface area contributed by atoms with Crippen LogP contribution in [0.3, 0.4) is 0 Å². The van der Waals surface area contributed by atoms with E-state index in [9.17, 15) is 4.79 Å². The Morgan fingerprint density at radius 1 is 1.50 bits per heavy atom. The van der Waals surface area contributed by atoms with E-state index in [1.165, 1.54) is 3.57 Å². The predicted octanol–water partition coefficient (Wildman–Crippen LogP) is 2.82. The summed E-state index contributed by atoms with van der Waals surface area (Å²) in [7, 11) is 0. The van der Waals surface area contributed by atoms with Crippen molar-refractivity contribution in [2.45, 2.75) is 20.3 Å². The van der Waals surface area contributed by atoms with Gasteiger partial charge in [-0.2, -0.15) is 0 Å². The number of nitrogens with one attached hydrogen (secondary N) is 2. The van der Waals surface area contributed by atoms with Gasteiger partial charge in [0.2, 0.25) is 5.91 Å². The summed E-state index contributed by atoms with van der Waals surface area (Å²) in [4.78, 5) is 11.1. The highest BCUT2D eigenvalue weighted by atomic mass is 127. The predicted molar refractivity (Wildman–Crippen MR) is 78.6 cm³/mol. The van der Waals surface area contributed by atoms with E-state index in [1.807, 2.05) is 25.1 Å². The maximum Gasteiger partial charge on any atom is 0.225 e. The van der Waals surface area contributed by atoms with Crippen LogP contribution in [0, 0.1) is 10.5 Å². The minimum absolute atomic E-state index is 0.0827. The Hall–Kier alpha value is -0.690. The number of amides is 1. The van der Waals surface area contributed by atoms with E-state index in [0.29, 0.717) is 11.5 Å². The van der Waals surface area contributed by atoms with Gasteiger partial charge in [0.05, 0.1) is 0 Å². The van der Waals surface area contributed by atoms with E-state index in [1.54, 1.807) is 6.92 Å². The van der Waals surface area contributed by atoms with Crippen LogP contribution in [-0.2, 0) is 4.79 Å². The standard InChI is InChI=1S/C11H13IN2OS/c1-3-10(15)14-11(16)13-9-5-4-8(12)6-7(9)2/h4-6H,3H2,1-2H3,(H2,13,14,15,16). The van der Waals surface area contributed by atoms with Gasteiger partial charge in [0.1, 0.15) is 0 Å². The summed E-state index contributed by atoms with van der Waals surface area (Å²) in [5.41, 5.74) is 2.02. The summed E-state index contributed by atoms with van der Waals surface area (Å²) >= 11 is 7.28. The van der Waals surface area contributed by atoms with Crippen molar-refractivity contribution in [1.82, 2.24) is 5.32 Å². The van der Waals surface area contributed by atoms with Crippen LogP contribution < -0.4 is 10.6 Å². The number of benzene rings is 1. The van der Waals surface area contributed by atoms with Crippen LogP contribution in [-0.4, -0.2) is 11.0 Å². The largest absolute Gasteiger partial charge is 0.332 e. The average molecular weight is 348 g/mol. The van der Waals surface area contributed by atoms with Crippen LogP contribution >= 0.6 is 34.8 Å². The van der Waals surface area contributed by atoms with Crippen molar-refractivity contribution in [3.63, 3.8) is 0 Å². The van der Waals surface area contributed by atoms with Crippen molar-refractivity contribution in [2.75, 3.05) is 5.32 Å². The number of hydrogen-bond donors (Lipinski definition) is 2.